The van der Waals surface area contributed by atoms with E-state index in [4.69, 9.17) is 14.2 Å². The zero-order chi connectivity index (χ0) is 21.0. The van der Waals surface area contributed by atoms with Gasteiger partial charge in [-0.3, -0.25) is 0 Å². The van der Waals surface area contributed by atoms with Crippen molar-refractivity contribution in [2.24, 2.45) is 0 Å². The summed E-state index contributed by atoms with van der Waals surface area (Å²) in [5.74, 6) is -0.787. The minimum atomic E-state index is -1.09. The second kappa shape index (κ2) is 12.9. The van der Waals surface area contributed by atoms with E-state index in [1.807, 2.05) is 0 Å². The van der Waals surface area contributed by atoms with Gasteiger partial charge in [-0.25, -0.2) is 9.59 Å². The highest BCUT2D eigenvalue weighted by atomic mass is 28.3. The Labute approximate surface area is 166 Å². The van der Waals surface area contributed by atoms with E-state index in [9.17, 15) is 9.59 Å². The lowest BCUT2D eigenvalue weighted by Crippen LogP contribution is -2.46. The van der Waals surface area contributed by atoms with Crippen molar-refractivity contribution in [3.05, 3.63) is 24.3 Å². The smallest absolute Gasteiger partial charge is 0.333 e. The van der Waals surface area contributed by atoms with Crippen molar-refractivity contribution >= 4 is 20.7 Å². The molecule has 2 unspecified atom stereocenters. The highest BCUT2D eigenvalue weighted by molar-refractivity contribution is 6.60. The second-order valence-electron chi connectivity index (χ2n) is 7.52. The molecule has 0 heterocycles. The number of rotatable bonds is 14. The predicted octanol–water partition coefficient (Wildman–Crippen LogP) is 4.37. The maximum atomic E-state index is 11.6. The molecular weight excluding hydrogens is 360 g/mol. The molecule has 0 aliphatic carbocycles. The molecule has 0 aromatic heterocycles. The van der Waals surface area contributed by atoms with Gasteiger partial charge in [-0.1, -0.05) is 46.0 Å². The van der Waals surface area contributed by atoms with E-state index >= 15 is 0 Å². The number of carbonyl (C=O) groups excluding carboxylic acids is 2. The van der Waals surface area contributed by atoms with Crippen LogP contribution in [0, 0.1) is 0 Å². The minimum Gasteiger partial charge on any atom is -0.462 e. The summed E-state index contributed by atoms with van der Waals surface area (Å²) in [5, 5.41) is -0.134. The van der Waals surface area contributed by atoms with E-state index in [0.29, 0.717) is 24.0 Å². The van der Waals surface area contributed by atoms with Crippen LogP contribution in [0.15, 0.2) is 24.3 Å². The zero-order valence-corrected chi connectivity index (χ0v) is 19.2. The Morgan fingerprint density at radius 1 is 1.00 bits per heavy atom. The Kier molecular flexibility index (Phi) is 12.2. The van der Waals surface area contributed by atoms with Crippen LogP contribution in [0.3, 0.4) is 0 Å². The van der Waals surface area contributed by atoms with Crippen molar-refractivity contribution in [1.82, 2.24) is 0 Å². The number of esters is 2. The number of ether oxygens (including phenoxy) is 3. The third kappa shape index (κ3) is 9.91. The molecule has 0 saturated carbocycles. The van der Waals surface area contributed by atoms with Gasteiger partial charge in [-0.15, -0.1) is 0 Å². The van der Waals surface area contributed by atoms with Gasteiger partial charge in [-0.05, 0) is 27.2 Å². The second-order valence-corrected chi connectivity index (χ2v) is 11.4. The molecule has 0 aliphatic rings. The third-order valence-electron chi connectivity index (χ3n) is 4.88. The van der Waals surface area contributed by atoms with Gasteiger partial charge in [0.25, 0.3) is 0 Å². The monoisotopic (exact) mass is 398 g/mol. The van der Waals surface area contributed by atoms with Crippen molar-refractivity contribution in [3.63, 3.8) is 0 Å². The Morgan fingerprint density at radius 2 is 1.44 bits per heavy atom. The fourth-order valence-electron chi connectivity index (χ4n) is 2.81. The molecule has 0 fully saturated rings. The first kappa shape index (κ1) is 25.6. The van der Waals surface area contributed by atoms with Crippen LogP contribution in [-0.4, -0.2) is 45.3 Å². The van der Waals surface area contributed by atoms with Crippen LogP contribution >= 0.6 is 0 Å². The van der Waals surface area contributed by atoms with Gasteiger partial charge in [0, 0.05) is 24.0 Å². The van der Waals surface area contributed by atoms with Gasteiger partial charge < -0.3 is 14.2 Å². The van der Waals surface area contributed by atoms with E-state index in [0.717, 1.165) is 18.9 Å². The molecule has 2 atom stereocenters. The average molecular weight is 399 g/mol. The summed E-state index contributed by atoms with van der Waals surface area (Å²) in [5.41, 5.74) is 0.761. The lowest BCUT2D eigenvalue weighted by atomic mass is 10.1. The molecule has 0 aromatic rings. The van der Waals surface area contributed by atoms with Crippen LogP contribution in [0.5, 0.6) is 0 Å². The van der Waals surface area contributed by atoms with E-state index in [2.05, 4.69) is 40.5 Å². The maximum absolute atomic E-state index is 11.6. The van der Waals surface area contributed by atoms with Gasteiger partial charge in [0.1, 0.15) is 0 Å². The normalized spacial score (nSPS) is 14.3. The van der Waals surface area contributed by atoms with Crippen LogP contribution in [0.4, 0.5) is 0 Å². The largest absolute Gasteiger partial charge is 0.462 e. The zero-order valence-electron chi connectivity index (χ0n) is 18.1. The Balaban J connectivity index is 4.96. The molecule has 0 aromatic carbocycles. The molecule has 6 heteroatoms. The topological polar surface area (TPSA) is 61.8 Å². The van der Waals surface area contributed by atoms with Gasteiger partial charge in [0.2, 0.25) is 0 Å². The summed E-state index contributed by atoms with van der Waals surface area (Å²) >= 11 is 0. The lowest BCUT2D eigenvalue weighted by molar-refractivity contribution is -0.141. The molecule has 0 spiro atoms. The standard InChI is InChI=1S/C21H38O5Si/c1-9-13-21(7,27(8)10-2)26-18(11-14-24-19(22)16(3)4)12-15-25-20(23)17(5)6/h18,27H,3,5,9-15H2,1-2,4,6-8H3. The number of hydrogen-bond acceptors (Lipinski definition) is 5. The van der Waals surface area contributed by atoms with Gasteiger partial charge in [0.05, 0.1) is 33.3 Å². The molecule has 0 amide bonds. The molecule has 0 radical (unpaired) electrons. The fourth-order valence-corrected chi connectivity index (χ4v) is 4.87. The number of hydrogen-bond donors (Lipinski definition) is 0. The van der Waals surface area contributed by atoms with Crippen LogP contribution in [0.1, 0.15) is 60.3 Å². The SMILES string of the molecule is C=C(C)C(=O)OCCC(CCOC(=O)C(=C)C)OC(C)(CCC)[SiH](C)CC. The molecule has 27 heavy (non-hydrogen) atoms. The molecule has 0 rings (SSSR count). The predicted molar refractivity (Wildman–Crippen MR) is 112 cm³/mol. The van der Waals surface area contributed by atoms with Crippen LogP contribution in [0.25, 0.3) is 0 Å². The van der Waals surface area contributed by atoms with Crippen LogP contribution in [0.2, 0.25) is 12.6 Å². The molecule has 0 N–H and O–H groups in total. The Bertz CT molecular complexity index is 485. The van der Waals surface area contributed by atoms with Gasteiger partial charge >= 0.3 is 11.9 Å². The molecule has 156 valence electrons. The molecule has 0 aliphatic heterocycles. The van der Waals surface area contributed by atoms with Crippen molar-refractivity contribution in [3.8, 4) is 0 Å². The molecule has 0 saturated heterocycles. The quantitative estimate of drug-likeness (QED) is 0.247. The summed E-state index contributed by atoms with van der Waals surface area (Å²) in [6, 6.07) is 1.15. The summed E-state index contributed by atoms with van der Waals surface area (Å²) in [6.45, 7) is 19.9. The first-order valence-electron chi connectivity index (χ1n) is 9.90. The average Bonchev–Trinajstić information content (AvgIpc) is 2.60. The molecular formula is C21H38O5Si. The van der Waals surface area contributed by atoms with Gasteiger partial charge in [-0.2, -0.15) is 0 Å². The summed E-state index contributed by atoms with van der Waals surface area (Å²) in [7, 11) is -1.09. The van der Waals surface area contributed by atoms with Crippen molar-refractivity contribution in [1.29, 1.82) is 0 Å². The highest BCUT2D eigenvalue weighted by Crippen LogP contribution is 2.27. The summed E-state index contributed by atoms with van der Waals surface area (Å²) in [4.78, 5) is 23.2. The fraction of sp³-hybridized carbons (Fsp3) is 0.714. The summed E-state index contributed by atoms with van der Waals surface area (Å²) in [6.07, 6.45) is 3.04. The number of carbonyl (C=O) groups is 2. The Morgan fingerprint density at radius 3 is 1.78 bits per heavy atom. The molecule has 0 bridgehead atoms. The van der Waals surface area contributed by atoms with E-state index < -0.39 is 20.7 Å². The van der Waals surface area contributed by atoms with Crippen molar-refractivity contribution < 1.29 is 23.8 Å². The maximum Gasteiger partial charge on any atom is 0.333 e. The lowest BCUT2D eigenvalue weighted by Gasteiger charge is -2.38. The van der Waals surface area contributed by atoms with E-state index in [1.165, 1.54) is 0 Å². The van der Waals surface area contributed by atoms with Crippen molar-refractivity contribution in [2.45, 2.75) is 84.2 Å². The highest BCUT2D eigenvalue weighted by Gasteiger charge is 2.34. The molecule has 5 nitrogen and oxygen atoms in total. The third-order valence-corrected chi connectivity index (χ3v) is 8.61. The van der Waals surface area contributed by atoms with Crippen LogP contribution < -0.4 is 0 Å². The summed E-state index contributed by atoms with van der Waals surface area (Å²) < 4.78 is 17.0. The van der Waals surface area contributed by atoms with E-state index in [1.54, 1.807) is 13.8 Å². The van der Waals surface area contributed by atoms with E-state index in [-0.39, 0.29) is 24.5 Å². The minimum absolute atomic E-state index is 0.134. The van der Waals surface area contributed by atoms with Crippen molar-refractivity contribution in [2.75, 3.05) is 13.2 Å². The Hall–Kier alpha value is -1.40. The first-order chi connectivity index (χ1) is 12.6. The van der Waals surface area contributed by atoms with Gasteiger partial charge in [0.15, 0.2) is 0 Å². The first-order valence-corrected chi connectivity index (χ1v) is 12.4. The van der Waals surface area contributed by atoms with Crippen LogP contribution in [-0.2, 0) is 23.8 Å².